The Hall–Kier alpha value is -3.80. The van der Waals surface area contributed by atoms with Gasteiger partial charge in [-0.3, -0.25) is 38.1 Å². The molecule has 1 aliphatic rings. The molecule has 7 atom stereocenters. The number of thiol groups is 1. The van der Waals surface area contributed by atoms with Crippen molar-refractivity contribution in [3.05, 3.63) is 18.2 Å². The number of rotatable bonds is 30. The lowest BCUT2D eigenvalue weighted by Crippen LogP contribution is -2.52. The number of aliphatic hydroxyl groups excluding tert-OH is 1. The van der Waals surface area contributed by atoms with E-state index in [-0.39, 0.29) is 75.7 Å². The summed E-state index contributed by atoms with van der Waals surface area (Å²) in [6.45, 7) is 5.25. The van der Waals surface area contributed by atoms with Crippen LogP contribution in [0.15, 0.2) is 12.5 Å². The van der Waals surface area contributed by atoms with Gasteiger partial charge in [-0.15, -0.1) is 0 Å². The first-order chi connectivity index (χ1) is 28.7. The van der Waals surface area contributed by atoms with Crippen molar-refractivity contribution >= 4 is 61.6 Å². The summed E-state index contributed by atoms with van der Waals surface area (Å²) < 4.78 is 28.4. The molecule has 0 aromatic carbocycles. The summed E-state index contributed by atoms with van der Waals surface area (Å²) in [6, 6.07) is -4.19. The highest BCUT2D eigenvalue weighted by molar-refractivity contribution is 7.80. The van der Waals surface area contributed by atoms with Gasteiger partial charge in [0.15, 0.2) is 11.6 Å². The van der Waals surface area contributed by atoms with Gasteiger partial charge in [-0.25, -0.2) is 9.55 Å². The van der Waals surface area contributed by atoms with Crippen LogP contribution in [-0.4, -0.2) is 153 Å². The van der Waals surface area contributed by atoms with Gasteiger partial charge in [0, 0.05) is 57.0 Å². The average molecular weight is 907 g/mol. The first-order valence-electron chi connectivity index (χ1n) is 20.0. The van der Waals surface area contributed by atoms with Crippen molar-refractivity contribution in [1.82, 2.24) is 30.4 Å². The second kappa shape index (κ2) is 26.6. The van der Waals surface area contributed by atoms with Crippen LogP contribution in [0.1, 0.15) is 65.0 Å². The number of phosphoric ester groups is 1. The number of Topliss-reactive ketones (excluding diaryl/α,β-unsaturated/α-hetero) is 2. The quantitative estimate of drug-likeness (QED) is 0.0227. The van der Waals surface area contributed by atoms with E-state index in [0.29, 0.717) is 25.1 Å². The molecule has 5 amide bonds. The maximum absolute atomic E-state index is 14.0. The molecule has 10 N–H and O–H groups in total. The zero-order valence-corrected chi connectivity index (χ0v) is 36.9. The highest BCUT2D eigenvalue weighted by Gasteiger charge is 2.38. The maximum atomic E-state index is 14.0. The third-order valence-corrected chi connectivity index (χ3v) is 10.9. The predicted molar refractivity (Wildman–Crippen MR) is 221 cm³/mol. The van der Waals surface area contributed by atoms with Gasteiger partial charge in [0.05, 0.1) is 75.8 Å². The number of amides is 5. The highest BCUT2D eigenvalue weighted by Crippen LogP contribution is 2.39. The van der Waals surface area contributed by atoms with Crippen molar-refractivity contribution in [3.63, 3.8) is 0 Å². The van der Waals surface area contributed by atoms with E-state index in [2.05, 4.69) is 38.1 Å². The molecule has 1 unspecified atom stereocenters. The molecule has 61 heavy (non-hydrogen) atoms. The van der Waals surface area contributed by atoms with E-state index < -0.39 is 98.7 Å². The molecule has 0 spiro atoms. The van der Waals surface area contributed by atoms with Gasteiger partial charge in [0.2, 0.25) is 29.5 Å². The Kier molecular flexibility index (Phi) is 23.3. The molecule has 1 aliphatic heterocycles. The fourth-order valence-corrected chi connectivity index (χ4v) is 7.32. The van der Waals surface area contributed by atoms with E-state index in [9.17, 15) is 43.2 Å². The Labute approximate surface area is 360 Å². The van der Waals surface area contributed by atoms with E-state index in [1.54, 1.807) is 11.6 Å². The average Bonchev–Trinajstić information content (AvgIpc) is 3.85. The van der Waals surface area contributed by atoms with E-state index in [4.69, 9.17) is 30.7 Å². The minimum absolute atomic E-state index is 0.00133. The van der Waals surface area contributed by atoms with E-state index in [0.717, 1.165) is 6.92 Å². The Morgan fingerprint density at radius 1 is 0.984 bits per heavy atom. The molecule has 0 aliphatic carbocycles. The normalized spacial score (nSPS) is 17.2. The van der Waals surface area contributed by atoms with Crippen molar-refractivity contribution in [1.29, 1.82) is 0 Å². The lowest BCUT2D eigenvalue weighted by Gasteiger charge is -2.28. The first kappa shape index (κ1) is 53.3. The van der Waals surface area contributed by atoms with Crippen LogP contribution in [0.3, 0.4) is 0 Å². The zero-order chi connectivity index (χ0) is 45.9. The molecule has 346 valence electrons. The zero-order valence-electron chi connectivity index (χ0n) is 35.1. The Balaban J connectivity index is 2.08. The molecule has 1 fully saturated rings. The van der Waals surface area contributed by atoms with E-state index in [1.807, 2.05) is 13.8 Å². The van der Waals surface area contributed by atoms with Crippen LogP contribution in [-0.2, 0) is 65.6 Å². The van der Waals surface area contributed by atoms with Gasteiger partial charge in [0.1, 0.15) is 12.1 Å². The molecular formula is C37H63N8O14PS. The molecule has 1 aromatic rings. The van der Waals surface area contributed by atoms with Gasteiger partial charge in [0.25, 0.3) is 0 Å². The molecule has 1 saturated heterocycles. The number of hydrogen-bond acceptors (Lipinski definition) is 15. The Morgan fingerprint density at radius 2 is 1.64 bits per heavy atom. The number of nitrogens with one attached hydrogen (secondary N) is 3. The second-order valence-electron chi connectivity index (χ2n) is 15.3. The topological polar surface area (TPSA) is 334 Å². The summed E-state index contributed by atoms with van der Waals surface area (Å²) in [5, 5.41) is 18.0. The third kappa shape index (κ3) is 19.0. The SMILES string of the molecule is CC(C)C[C@H](NC(=O)[C@@H]1CCCN1C(=O)CCOCCOCCNC(=O)[C@@H](N)CS)C(=O)C[C@@H](Cc1cncn1C)C(=O)N[C@@H](CO)C(=O)C[C@H](C(N)=O)C(C)OP(=O)(O)O. The van der Waals surface area contributed by atoms with Gasteiger partial charge in [-0.2, -0.15) is 12.6 Å². The molecule has 24 heteroatoms. The largest absolute Gasteiger partial charge is 0.469 e. The van der Waals surface area contributed by atoms with E-state index >= 15 is 0 Å². The molecule has 0 saturated carbocycles. The number of hydrogen-bond donors (Lipinski definition) is 9. The van der Waals surface area contributed by atoms with E-state index in [1.165, 1.54) is 17.4 Å². The maximum Gasteiger partial charge on any atom is 0.469 e. The van der Waals surface area contributed by atoms with Crippen LogP contribution in [0.4, 0.5) is 0 Å². The summed E-state index contributed by atoms with van der Waals surface area (Å²) >= 11 is 3.98. The number of aliphatic hydroxyl groups is 1. The lowest BCUT2D eigenvalue weighted by molar-refractivity contribution is -0.140. The summed E-state index contributed by atoms with van der Waals surface area (Å²) in [6.07, 6.45) is 1.43. The van der Waals surface area contributed by atoms with Crippen molar-refractivity contribution in [2.24, 2.45) is 36.3 Å². The number of aryl methyl sites for hydroxylation is 1. The summed E-state index contributed by atoms with van der Waals surface area (Å²) in [5.74, 6) is -7.00. The van der Waals surface area contributed by atoms with Gasteiger partial charge in [-0.05, 0) is 32.1 Å². The fraction of sp³-hybridized carbons (Fsp3) is 0.730. The highest BCUT2D eigenvalue weighted by atomic mass is 32.1. The predicted octanol–water partition coefficient (Wildman–Crippen LogP) is -2.11. The van der Waals surface area contributed by atoms with Crippen LogP contribution < -0.4 is 27.4 Å². The van der Waals surface area contributed by atoms with Crippen molar-refractivity contribution in [2.75, 3.05) is 51.9 Å². The molecule has 2 rings (SSSR count). The number of carbonyl (C=O) groups is 7. The smallest absolute Gasteiger partial charge is 0.394 e. The van der Waals surface area contributed by atoms with Gasteiger partial charge < -0.3 is 61.3 Å². The number of nitrogens with two attached hydrogens (primary N) is 2. The number of aromatic nitrogens is 2. The van der Waals surface area contributed by atoms with Crippen LogP contribution in [0.2, 0.25) is 0 Å². The number of primary amides is 1. The summed E-state index contributed by atoms with van der Waals surface area (Å²) in [7, 11) is -3.39. The summed E-state index contributed by atoms with van der Waals surface area (Å²) in [5.41, 5.74) is 11.5. The van der Waals surface area contributed by atoms with Crippen molar-refractivity contribution in [2.45, 2.75) is 96.0 Å². The Bertz CT molecular complexity index is 1680. The molecule has 2 heterocycles. The van der Waals surface area contributed by atoms with Crippen molar-refractivity contribution < 1.29 is 67.0 Å². The monoisotopic (exact) mass is 906 g/mol. The van der Waals surface area contributed by atoms with Crippen LogP contribution in [0, 0.1) is 17.8 Å². The fourth-order valence-electron chi connectivity index (χ4n) is 6.57. The van der Waals surface area contributed by atoms with Crippen LogP contribution in [0.25, 0.3) is 0 Å². The van der Waals surface area contributed by atoms with Crippen LogP contribution in [0.5, 0.6) is 0 Å². The minimum Gasteiger partial charge on any atom is -0.394 e. The molecule has 0 radical (unpaired) electrons. The standard InChI is InChI=1S/C37H63N8O14PS/c1-22(2)14-28(42-37(53)30-6-5-9-45(30)33(49)7-10-57-12-13-58-11-8-41-36(52)27(38)20-61)31(47)16-24(15-25-18-40-21-44(25)4)35(51)43-29(19-46)32(48)17-26(34(39)50)23(3)59-60(54,55)56/h18,21-24,26-30,46,61H,5-17,19-20,38H2,1-4H3,(H2,39,50)(H,41,52)(H,42,53)(H,43,51)(H2,54,55,56)/t23?,24-,26+,27+,28+,29+,30+/m1/s1. The number of ether oxygens (including phenoxy) is 2. The molecule has 1 aromatic heterocycles. The van der Waals surface area contributed by atoms with Crippen molar-refractivity contribution in [3.8, 4) is 0 Å². The third-order valence-electron chi connectivity index (χ3n) is 9.93. The number of carbonyl (C=O) groups excluding carboxylic acids is 7. The van der Waals surface area contributed by atoms with Gasteiger partial charge >= 0.3 is 7.82 Å². The van der Waals surface area contributed by atoms with Crippen LogP contribution >= 0.6 is 20.5 Å². The Morgan fingerprint density at radius 3 is 2.21 bits per heavy atom. The molecular weight excluding hydrogens is 843 g/mol. The number of imidazole rings is 1. The molecule has 22 nitrogen and oxygen atoms in total. The second-order valence-corrected chi connectivity index (χ2v) is 16.8. The first-order valence-corrected chi connectivity index (χ1v) is 22.2. The number of ketones is 2. The lowest BCUT2D eigenvalue weighted by atomic mass is 9.89. The number of likely N-dealkylation sites (tertiary alicyclic amines) is 1. The summed E-state index contributed by atoms with van der Waals surface area (Å²) in [4.78, 5) is 116. The minimum atomic E-state index is -5.07. The van der Waals surface area contributed by atoms with Gasteiger partial charge in [-0.1, -0.05) is 13.8 Å². The number of phosphoric acid groups is 1. The number of nitrogens with zero attached hydrogens (tertiary/aromatic N) is 3. The molecule has 0 bridgehead atoms.